The lowest BCUT2D eigenvalue weighted by Crippen LogP contribution is -1.93. The van der Waals surface area contributed by atoms with Crippen molar-refractivity contribution in [2.45, 2.75) is 32.1 Å². The summed E-state index contributed by atoms with van der Waals surface area (Å²) in [6.07, 6.45) is 3.68. The lowest BCUT2D eigenvalue weighted by molar-refractivity contribution is 0.620. The van der Waals surface area contributed by atoms with E-state index >= 15 is 0 Å². The molecule has 1 N–H and O–H groups in total. The van der Waals surface area contributed by atoms with E-state index in [1.54, 1.807) is 0 Å². The first-order valence-electron chi connectivity index (χ1n) is 5.34. The number of fused-ring (bicyclic) bond motifs is 3. The average molecular weight is 187 g/mol. The van der Waals surface area contributed by atoms with Crippen LogP contribution in [0.2, 0.25) is 0 Å². The number of nitrogens with zero attached hydrogens (tertiary/aromatic N) is 2. The summed E-state index contributed by atoms with van der Waals surface area (Å²) in [6.45, 7) is 2.24. The molecule has 2 aliphatic carbocycles. The molecule has 1 saturated carbocycles. The molecule has 0 unspecified atom stereocenters. The second-order valence-corrected chi connectivity index (χ2v) is 4.42. The van der Waals surface area contributed by atoms with Crippen LogP contribution in [-0.4, -0.2) is 10.2 Å². The van der Waals surface area contributed by atoms with E-state index < -0.39 is 0 Å². The van der Waals surface area contributed by atoms with Crippen molar-refractivity contribution in [2.75, 3.05) is 0 Å². The highest BCUT2D eigenvalue weighted by molar-refractivity contribution is 5.45. The lowest BCUT2D eigenvalue weighted by atomic mass is 10.0. The van der Waals surface area contributed by atoms with Gasteiger partial charge in [0.2, 0.25) is 0 Å². The topological polar surface area (TPSA) is 52.5 Å². The zero-order chi connectivity index (χ0) is 9.71. The minimum absolute atomic E-state index is 0.684. The largest absolute Gasteiger partial charge is 0.267 e. The van der Waals surface area contributed by atoms with E-state index in [0.29, 0.717) is 11.6 Å². The second kappa shape index (κ2) is 2.60. The van der Waals surface area contributed by atoms with Crippen molar-refractivity contribution < 1.29 is 0 Å². The van der Waals surface area contributed by atoms with Crippen LogP contribution in [0.4, 0.5) is 0 Å². The molecule has 0 amide bonds. The Bertz CT molecular complexity index is 413. The van der Waals surface area contributed by atoms with Gasteiger partial charge in [0.15, 0.2) is 0 Å². The van der Waals surface area contributed by atoms with E-state index in [9.17, 15) is 0 Å². The molecule has 0 bridgehead atoms. The fraction of sp³-hybridized carbons (Fsp3) is 0.636. The number of rotatable bonds is 2. The second-order valence-electron chi connectivity index (χ2n) is 4.42. The molecule has 3 rings (SSSR count). The van der Waals surface area contributed by atoms with Gasteiger partial charge in [-0.25, -0.2) is 0 Å². The molecule has 0 saturated heterocycles. The number of hydrogen-bond donors (Lipinski definition) is 1. The maximum absolute atomic E-state index is 8.84. The molecule has 3 heteroatoms. The number of H-pyrrole nitrogens is 1. The number of nitrogens with one attached hydrogen (secondary N) is 1. The van der Waals surface area contributed by atoms with Crippen LogP contribution in [0.3, 0.4) is 0 Å². The van der Waals surface area contributed by atoms with Crippen molar-refractivity contribution in [2.24, 2.45) is 11.8 Å². The molecule has 72 valence electrons. The van der Waals surface area contributed by atoms with Crippen molar-refractivity contribution in [3.63, 3.8) is 0 Å². The van der Waals surface area contributed by atoms with Gasteiger partial charge in [-0.05, 0) is 24.7 Å². The standard InChI is InChI=1S/C11H13N3/c1-2-3-6-7-4-8-9(5-12)13-14-11(8)10(6)7/h6-7,10H,2-4H2,1H3,(H,13,14)/t6-,7+,10-/m1/s1. The predicted molar refractivity (Wildman–Crippen MR) is 51.6 cm³/mol. The van der Waals surface area contributed by atoms with Crippen LogP contribution >= 0.6 is 0 Å². The molecular formula is C11H13N3. The van der Waals surface area contributed by atoms with E-state index in [2.05, 4.69) is 23.2 Å². The Balaban J connectivity index is 1.89. The molecule has 14 heavy (non-hydrogen) atoms. The van der Waals surface area contributed by atoms with Crippen LogP contribution in [0.25, 0.3) is 0 Å². The van der Waals surface area contributed by atoms with Crippen molar-refractivity contribution in [3.05, 3.63) is 17.0 Å². The Morgan fingerprint density at radius 1 is 1.64 bits per heavy atom. The Labute approximate surface area is 83.1 Å². The van der Waals surface area contributed by atoms with Gasteiger partial charge in [-0.1, -0.05) is 13.3 Å². The Morgan fingerprint density at radius 3 is 3.21 bits per heavy atom. The van der Waals surface area contributed by atoms with Crippen LogP contribution in [0.15, 0.2) is 0 Å². The molecule has 0 aliphatic heterocycles. The minimum Gasteiger partial charge on any atom is -0.267 e. The lowest BCUT2D eigenvalue weighted by Gasteiger charge is -1.99. The smallest absolute Gasteiger partial charge is 0.138 e. The predicted octanol–water partition coefficient (Wildman–Crippen LogP) is 1.97. The van der Waals surface area contributed by atoms with Crippen LogP contribution in [0.1, 0.15) is 42.6 Å². The summed E-state index contributed by atoms with van der Waals surface area (Å²) in [6, 6.07) is 2.18. The van der Waals surface area contributed by atoms with Gasteiger partial charge in [-0.15, -0.1) is 0 Å². The number of nitriles is 1. The van der Waals surface area contributed by atoms with Crippen LogP contribution in [0.5, 0.6) is 0 Å². The van der Waals surface area contributed by atoms with Gasteiger partial charge in [0.25, 0.3) is 0 Å². The average Bonchev–Trinajstić information content (AvgIpc) is 2.61. The Hall–Kier alpha value is -1.30. The van der Waals surface area contributed by atoms with Gasteiger partial charge in [0.05, 0.1) is 5.69 Å². The summed E-state index contributed by atoms with van der Waals surface area (Å²) in [5, 5.41) is 15.9. The molecule has 3 atom stereocenters. The summed E-state index contributed by atoms with van der Waals surface area (Å²) >= 11 is 0. The molecule has 3 nitrogen and oxygen atoms in total. The van der Waals surface area contributed by atoms with E-state index in [4.69, 9.17) is 5.26 Å². The molecule has 1 aromatic heterocycles. The summed E-state index contributed by atoms with van der Waals surface area (Å²) < 4.78 is 0. The van der Waals surface area contributed by atoms with Gasteiger partial charge >= 0.3 is 0 Å². The zero-order valence-electron chi connectivity index (χ0n) is 8.25. The third-order valence-electron chi connectivity index (χ3n) is 3.72. The van der Waals surface area contributed by atoms with E-state index in [0.717, 1.165) is 18.3 Å². The highest BCUT2D eigenvalue weighted by Crippen LogP contribution is 2.62. The molecule has 1 heterocycles. The molecule has 1 aromatic rings. The van der Waals surface area contributed by atoms with E-state index in [1.165, 1.54) is 24.1 Å². The van der Waals surface area contributed by atoms with Crippen molar-refractivity contribution in [1.82, 2.24) is 10.2 Å². The van der Waals surface area contributed by atoms with Gasteiger partial charge < -0.3 is 0 Å². The van der Waals surface area contributed by atoms with Crippen LogP contribution in [0, 0.1) is 23.2 Å². The molecule has 1 fully saturated rings. The molecule has 2 aliphatic rings. The van der Waals surface area contributed by atoms with Gasteiger partial charge in [-0.2, -0.15) is 10.4 Å². The van der Waals surface area contributed by atoms with Crippen molar-refractivity contribution >= 4 is 0 Å². The van der Waals surface area contributed by atoms with Gasteiger partial charge in [-0.3, -0.25) is 5.10 Å². The van der Waals surface area contributed by atoms with Crippen molar-refractivity contribution in [1.29, 1.82) is 5.26 Å². The summed E-state index contributed by atoms with van der Waals surface area (Å²) in [7, 11) is 0. The monoisotopic (exact) mass is 187 g/mol. The third kappa shape index (κ3) is 0.836. The first-order chi connectivity index (χ1) is 6.86. The zero-order valence-corrected chi connectivity index (χ0v) is 8.25. The summed E-state index contributed by atoms with van der Waals surface area (Å²) in [5.74, 6) is 2.36. The maximum Gasteiger partial charge on any atom is 0.138 e. The number of aromatic amines is 1. The third-order valence-corrected chi connectivity index (χ3v) is 3.72. The number of aromatic nitrogens is 2. The molecule has 0 spiro atoms. The fourth-order valence-electron chi connectivity index (χ4n) is 3.05. The fourth-order valence-corrected chi connectivity index (χ4v) is 3.05. The van der Waals surface area contributed by atoms with Crippen LogP contribution < -0.4 is 0 Å². The Morgan fingerprint density at radius 2 is 2.50 bits per heavy atom. The number of hydrogen-bond acceptors (Lipinski definition) is 2. The van der Waals surface area contributed by atoms with E-state index in [-0.39, 0.29) is 0 Å². The maximum atomic E-state index is 8.84. The normalized spacial score (nSPS) is 32.1. The first-order valence-corrected chi connectivity index (χ1v) is 5.34. The quantitative estimate of drug-likeness (QED) is 0.769. The van der Waals surface area contributed by atoms with Gasteiger partial charge in [0.1, 0.15) is 11.8 Å². The molecule has 0 aromatic carbocycles. The highest BCUT2D eigenvalue weighted by Gasteiger charge is 2.56. The van der Waals surface area contributed by atoms with Crippen molar-refractivity contribution in [3.8, 4) is 6.07 Å². The minimum atomic E-state index is 0.684. The molecule has 0 radical (unpaired) electrons. The highest BCUT2D eigenvalue weighted by atomic mass is 15.1. The summed E-state index contributed by atoms with van der Waals surface area (Å²) in [4.78, 5) is 0. The van der Waals surface area contributed by atoms with E-state index in [1.807, 2.05) is 0 Å². The summed E-state index contributed by atoms with van der Waals surface area (Å²) in [5.41, 5.74) is 3.10. The first kappa shape index (κ1) is 8.05. The van der Waals surface area contributed by atoms with Crippen LogP contribution in [-0.2, 0) is 6.42 Å². The van der Waals surface area contributed by atoms with Gasteiger partial charge in [0, 0.05) is 11.5 Å². The molecular weight excluding hydrogens is 174 g/mol. The Kier molecular flexibility index (Phi) is 1.49. The SMILES string of the molecule is CCC[C@@H]1[C@@H]2Cc3c(n[nH]c3C#N)[C@H]12.